The lowest BCUT2D eigenvalue weighted by Crippen LogP contribution is -2.38. The Morgan fingerprint density at radius 1 is 1.57 bits per heavy atom. The maximum absolute atomic E-state index is 10.4. The lowest BCUT2D eigenvalue weighted by molar-refractivity contribution is 0.0227. The SMILES string of the molecule is NCC(O)(c1cccnc1N)C1CC1. The second-order valence-electron chi connectivity index (χ2n) is 3.84. The molecule has 1 aliphatic carbocycles. The summed E-state index contributed by atoms with van der Waals surface area (Å²) in [7, 11) is 0. The average molecular weight is 193 g/mol. The van der Waals surface area contributed by atoms with E-state index in [2.05, 4.69) is 4.98 Å². The van der Waals surface area contributed by atoms with Gasteiger partial charge in [-0.1, -0.05) is 6.07 Å². The summed E-state index contributed by atoms with van der Waals surface area (Å²) in [5.74, 6) is 0.631. The van der Waals surface area contributed by atoms with Crippen LogP contribution >= 0.6 is 0 Å². The number of anilines is 1. The molecule has 5 N–H and O–H groups in total. The first-order valence-electron chi connectivity index (χ1n) is 4.82. The number of nitrogens with two attached hydrogens (primary N) is 2. The van der Waals surface area contributed by atoms with Crippen molar-refractivity contribution in [2.45, 2.75) is 18.4 Å². The van der Waals surface area contributed by atoms with E-state index in [4.69, 9.17) is 11.5 Å². The van der Waals surface area contributed by atoms with Gasteiger partial charge in [0.05, 0.1) is 0 Å². The molecule has 1 saturated carbocycles. The van der Waals surface area contributed by atoms with Gasteiger partial charge in [-0.2, -0.15) is 0 Å². The maximum atomic E-state index is 10.4. The Balaban J connectivity index is 2.40. The molecule has 2 rings (SSSR count). The monoisotopic (exact) mass is 193 g/mol. The molecule has 76 valence electrons. The summed E-state index contributed by atoms with van der Waals surface area (Å²) in [5.41, 5.74) is 11.0. The minimum atomic E-state index is -0.974. The summed E-state index contributed by atoms with van der Waals surface area (Å²) < 4.78 is 0. The lowest BCUT2D eigenvalue weighted by Gasteiger charge is -2.27. The zero-order chi connectivity index (χ0) is 10.2. The van der Waals surface area contributed by atoms with Crippen LogP contribution in [0.4, 0.5) is 5.82 Å². The quantitative estimate of drug-likeness (QED) is 0.641. The molecule has 0 spiro atoms. The Kier molecular flexibility index (Phi) is 2.17. The molecule has 1 aromatic heterocycles. The van der Waals surface area contributed by atoms with Crippen LogP contribution in [0.3, 0.4) is 0 Å². The van der Waals surface area contributed by atoms with Crippen LogP contribution in [-0.2, 0) is 5.60 Å². The van der Waals surface area contributed by atoms with Crippen molar-refractivity contribution in [1.29, 1.82) is 0 Å². The van der Waals surface area contributed by atoms with Gasteiger partial charge in [-0.05, 0) is 24.8 Å². The number of aliphatic hydroxyl groups is 1. The van der Waals surface area contributed by atoms with Gasteiger partial charge in [-0.25, -0.2) is 4.98 Å². The van der Waals surface area contributed by atoms with Gasteiger partial charge < -0.3 is 16.6 Å². The second-order valence-corrected chi connectivity index (χ2v) is 3.84. The molecule has 4 heteroatoms. The first-order valence-corrected chi connectivity index (χ1v) is 4.82. The third kappa shape index (κ3) is 1.36. The second kappa shape index (κ2) is 3.22. The normalized spacial score (nSPS) is 20.4. The zero-order valence-electron chi connectivity index (χ0n) is 7.98. The number of nitrogens with zero attached hydrogens (tertiary/aromatic N) is 1. The predicted molar refractivity (Wildman–Crippen MR) is 54.3 cm³/mol. The van der Waals surface area contributed by atoms with Crippen molar-refractivity contribution < 1.29 is 5.11 Å². The fourth-order valence-electron chi connectivity index (χ4n) is 1.84. The van der Waals surface area contributed by atoms with E-state index < -0.39 is 5.60 Å². The van der Waals surface area contributed by atoms with E-state index in [0.29, 0.717) is 11.4 Å². The smallest absolute Gasteiger partial charge is 0.129 e. The van der Waals surface area contributed by atoms with Crippen molar-refractivity contribution in [2.24, 2.45) is 11.7 Å². The van der Waals surface area contributed by atoms with Gasteiger partial charge in [0.2, 0.25) is 0 Å². The van der Waals surface area contributed by atoms with Crippen LogP contribution in [0, 0.1) is 5.92 Å². The lowest BCUT2D eigenvalue weighted by atomic mass is 9.89. The van der Waals surface area contributed by atoms with E-state index in [1.165, 1.54) is 0 Å². The van der Waals surface area contributed by atoms with Crippen molar-refractivity contribution in [1.82, 2.24) is 4.98 Å². The zero-order valence-corrected chi connectivity index (χ0v) is 7.98. The number of nitrogen functional groups attached to an aromatic ring is 1. The fraction of sp³-hybridized carbons (Fsp3) is 0.500. The van der Waals surface area contributed by atoms with Gasteiger partial charge in [0, 0.05) is 18.3 Å². The molecular formula is C10H15N3O. The molecule has 1 aromatic rings. The van der Waals surface area contributed by atoms with Gasteiger partial charge in [0.15, 0.2) is 0 Å². The minimum Gasteiger partial charge on any atom is -0.383 e. The Hall–Kier alpha value is -1.13. The number of pyridine rings is 1. The summed E-state index contributed by atoms with van der Waals surface area (Å²) in [5, 5.41) is 10.4. The molecule has 1 heterocycles. The summed E-state index contributed by atoms with van der Waals surface area (Å²) in [6.45, 7) is 0.202. The van der Waals surface area contributed by atoms with Crippen LogP contribution in [0.2, 0.25) is 0 Å². The highest BCUT2D eigenvalue weighted by atomic mass is 16.3. The van der Waals surface area contributed by atoms with E-state index in [0.717, 1.165) is 12.8 Å². The molecular weight excluding hydrogens is 178 g/mol. The van der Waals surface area contributed by atoms with E-state index in [-0.39, 0.29) is 12.5 Å². The Bertz CT molecular complexity index is 338. The highest BCUT2D eigenvalue weighted by Gasteiger charge is 2.45. The first kappa shape index (κ1) is 9.43. The number of hydrogen-bond acceptors (Lipinski definition) is 4. The van der Waals surface area contributed by atoms with Gasteiger partial charge in [-0.3, -0.25) is 0 Å². The molecule has 0 aliphatic heterocycles. The van der Waals surface area contributed by atoms with Crippen molar-refractivity contribution in [3.05, 3.63) is 23.9 Å². The van der Waals surface area contributed by atoms with E-state index in [1.807, 2.05) is 0 Å². The number of hydrogen-bond donors (Lipinski definition) is 3. The van der Waals surface area contributed by atoms with Crippen molar-refractivity contribution >= 4 is 5.82 Å². The molecule has 1 unspecified atom stereocenters. The summed E-state index contributed by atoms with van der Waals surface area (Å²) >= 11 is 0. The maximum Gasteiger partial charge on any atom is 0.129 e. The molecule has 0 bridgehead atoms. The molecule has 0 amide bonds. The molecule has 0 aromatic carbocycles. The van der Waals surface area contributed by atoms with Gasteiger partial charge in [0.25, 0.3) is 0 Å². The van der Waals surface area contributed by atoms with Gasteiger partial charge in [0.1, 0.15) is 11.4 Å². The fourth-order valence-corrected chi connectivity index (χ4v) is 1.84. The largest absolute Gasteiger partial charge is 0.383 e. The molecule has 0 radical (unpaired) electrons. The standard InChI is InChI=1S/C10H15N3O/c11-6-10(14,7-3-4-7)8-2-1-5-13-9(8)12/h1-2,5,7,14H,3-4,6,11H2,(H2,12,13). The topological polar surface area (TPSA) is 85.2 Å². The Morgan fingerprint density at radius 3 is 2.79 bits per heavy atom. The third-order valence-corrected chi connectivity index (χ3v) is 2.87. The van der Waals surface area contributed by atoms with Crippen LogP contribution in [0.1, 0.15) is 18.4 Å². The van der Waals surface area contributed by atoms with E-state index in [9.17, 15) is 5.11 Å². The molecule has 1 fully saturated rings. The van der Waals surface area contributed by atoms with Crippen LogP contribution in [-0.4, -0.2) is 16.6 Å². The average Bonchev–Trinajstić information content (AvgIpc) is 3.01. The Morgan fingerprint density at radius 2 is 2.29 bits per heavy atom. The summed E-state index contributed by atoms with van der Waals surface area (Å²) in [4.78, 5) is 3.97. The van der Waals surface area contributed by atoms with Crippen molar-refractivity contribution in [3.63, 3.8) is 0 Å². The summed E-state index contributed by atoms with van der Waals surface area (Å²) in [6.07, 6.45) is 3.65. The van der Waals surface area contributed by atoms with E-state index >= 15 is 0 Å². The Labute approximate surface area is 82.9 Å². The first-order chi connectivity index (χ1) is 6.68. The third-order valence-electron chi connectivity index (χ3n) is 2.87. The molecule has 1 atom stereocenters. The molecule has 4 nitrogen and oxygen atoms in total. The van der Waals surface area contributed by atoms with Crippen molar-refractivity contribution in [3.8, 4) is 0 Å². The van der Waals surface area contributed by atoms with Gasteiger partial charge >= 0.3 is 0 Å². The van der Waals surface area contributed by atoms with Crippen LogP contribution in [0.25, 0.3) is 0 Å². The summed E-state index contributed by atoms with van der Waals surface area (Å²) in [6, 6.07) is 3.57. The van der Waals surface area contributed by atoms with Crippen molar-refractivity contribution in [2.75, 3.05) is 12.3 Å². The molecule has 14 heavy (non-hydrogen) atoms. The predicted octanol–water partition coefficient (Wildman–Crippen LogP) is 0.220. The van der Waals surface area contributed by atoms with Gasteiger partial charge in [-0.15, -0.1) is 0 Å². The minimum absolute atomic E-state index is 0.202. The molecule has 1 aliphatic rings. The highest BCUT2D eigenvalue weighted by Crippen LogP contribution is 2.46. The van der Waals surface area contributed by atoms with Crippen LogP contribution in [0.15, 0.2) is 18.3 Å². The number of aromatic nitrogens is 1. The number of rotatable bonds is 3. The highest BCUT2D eigenvalue weighted by molar-refractivity contribution is 5.44. The molecule has 0 saturated heterocycles. The van der Waals surface area contributed by atoms with Crippen LogP contribution in [0.5, 0.6) is 0 Å². The van der Waals surface area contributed by atoms with E-state index in [1.54, 1.807) is 18.3 Å². The van der Waals surface area contributed by atoms with Crippen LogP contribution < -0.4 is 11.5 Å².